The molecule has 0 aromatic carbocycles. The van der Waals surface area contributed by atoms with Crippen LogP contribution < -0.4 is 0 Å². The molecule has 0 fully saturated rings. The average Bonchev–Trinajstić information content (AvgIpc) is 3.66. The SMILES string of the molecule is CCCCCC/C=C\C=C/CCCCCCCC(=O)O[C@H](COC(=O)CCCCCCCCCCCCC(C)C)COP(=O)(O)OC[C@@H](O)COP(=O)(O)OC[C@@H](COC(=O)CCCCCCCCCC)OC(=O)CCCCCCCCC(C)CC. The number of hydrogen-bond acceptors (Lipinski definition) is 15. The van der Waals surface area contributed by atoms with Crippen LogP contribution in [0, 0.1) is 11.8 Å². The van der Waals surface area contributed by atoms with E-state index in [0.717, 1.165) is 121 Å². The van der Waals surface area contributed by atoms with Crippen molar-refractivity contribution in [1.82, 2.24) is 0 Å². The minimum atomic E-state index is -4.96. The van der Waals surface area contributed by atoms with Gasteiger partial charge in [-0.2, -0.15) is 0 Å². The fraction of sp³-hybridized carbons (Fsp3) is 0.881. The maximum absolute atomic E-state index is 13.0. The molecule has 19 heteroatoms. The van der Waals surface area contributed by atoms with E-state index >= 15 is 0 Å². The second kappa shape index (κ2) is 58.9. The van der Waals surface area contributed by atoms with Gasteiger partial charge in [-0.25, -0.2) is 9.13 Å². The first kappa shape index (κ1) is 83.5. The molecule has 0 rings (SSSR count). The highest BCUT2D eigenvalue weighted by molar-refractivity contribution is 7.47. The summed E-state index contributed by atoms with van der Waals surface area (Å²) in [4.78, 5) is 72.3. The Morgan fingerprint density at radius 3 is 1.05 bits per heavy atom. The van der Waals surface area contributed by atoms with Crippen LogP contribution in [0.15, 0.2) is 24.3 Å². The fourth-order valence-electron chi connectivity index (χ4n) is 9.49. The van der Waals surface area contributed by atoms with Crippen molar-refractivity contribution in [3.05, 3.63) is 24.3 Å². The van der Waals surface area contributed by atoms with E-state index in [1.807, 2.05) is 0 Å². The molecule has 17 nitrogen and oxygen atoms in total. The second-order valence-corrected chi connectivity index (χ2v) is 27.1. The minimum Gasteiger partial charge on any atom is -0.462 e. The number of phosphoric ester groups is 2. The quantitative estimate of drug-likeness (QED) is 0.0169. The summed E-state index contributed by atoms with van der Waals surface area (Å²) < 4.78 is 68.0. The summed E-state index contributed by atoms with van der Waals surface area (Å²) in [5.74, 6) is -0.690. The summed E-state index contributed by atoms with van der Waals surface area (Å²) in [5, 5.41) is 10.5. The highest BCUT2D eigenvalue weighted by Crippen LogP contribution is 2.45. The number of carbonyl (C=O) groups is 4. The number of esters is 4. The zero-order chi connectivity index (χ0) is 63.6. The van der Waals surface area contributed by atoms with Gasteiger partial charge >= 0.3 is 39.5 Å². The van der Waals surface area contributed by atoms with Gasteiger partial charge < -0.3 is 33.8 Å². The van der Waals surface area contributed by atoms with Crippen molar-refractivity contribution >= 4 is 39.5 Å². The van der Waals surface area contributed by atoms with Crippen molar-refractivity contribution in [3.8, 4) is 0 Å². The molecule has 3 N–H and O–H groups in total. The van der Waals surface area contributed by atoms with Crippen LogP contribution in [-0.4, -0.2) is 96.7 Å². The molecule has 0 aliphatic carbocycles. The molecule has 6 atom stereocenters. The normalized spacial score (nSPS) is 14.7. The van der Waals surface area contributed by atoms with Crippen molar-refractivity contribution in [2.75, 3.05) is 39.6 Å². The van der Waals surface area contributed by atoms with Gasteiger partial charge in [0.25, 0.3) is 0 Å². The van der Waals surface area contributed by atoms with Crippen LogP contribution in [0.1, 0.15) is 311 Å². The predicted molar refractivity (Wildman–Crippen MR) is 344 cm³/mol. The van der Waals surface area contributed by atoms with Gasteiger partial charge in [-0.15, -0.1) is 0 Å². The van der Waals surface area contributed by atoms with E-state index in [1.54, 1.807) is 0 Å². The van der Waals surface area contributed by atoms with Crippen LogP contribution >= 0.6 is 15.6 Å². The lowest BCUT2D eigenvalue weighted by Crippen LogP contribution is -2.30. The van der Waals surface area contributed by atoms with Crippen LogP contribution in [0.2, 0.25) is 0 Å². The Kier molecular flexibility index (Phi) is 57.2. The molecule has 0 saturated carbocycles. The zero-order valence-corrected chi connectivity index (χ0v) is 56.9. The minimum absolute atomic E-state index is 0.0844. The molecule has 0 heterocycles. The Hall–Kier alpha value is -2.46. The largest absolute Gasteiger partial charge is 0.472 e. The van der Waals surface area contributed by atoms with E-state index < -0.39 is 97.5 Å². The monoisotopic (exact) mass is 1260 g/mol. The molecule has 0 aromatic heterocycles. The maximum Gasteiger partial charge on any atom is 0.472 e. The summed E-state index contributed by atoms with van der Waals surface area (Å²) in [6.45, 7) is 9.37. The molecule has 0 aromatic rings. The molecule has 0 radical (unpaired) electrons. The third-order valence-corrected chi connectivity index (χ3v) is 17.1. The van der Waals surface area contributed by atoms with Gasteiger partial charge in [0.2, 0.25) is 0 Å². The van der Waals surface area contributed by atoms with E-state index in [9.17, 15) is 43.2 Å². The van der Waals surface area contributed by atoms with Gasteiger partial charge in [0.05, 0.1) is 26.4 Å². The molecular weight excluding hydrogens is 1140 g/mol. The topological polar surface area (TPSA) is 237 Å². The molecule has 506 valence electrons. The highest BCUT2D eigenvalue weighted by atomic mass is 31.2. The lowest BCUT2D eigenvalue weighted by atomic mass is 10.00. The lowest BCUT2D eigenvalue weighted by Gasteiger charge is -2.21. The number of phosphoric acid groups is 2. The summed E-state index contributed by atoms with van der Waals surface area (Å²) >= 11 is 0. The van der Waals surface area contributed by atoms with Crippen LogP contribution in [-0.2, 0) is 65.4 Å². The number of rotatable bonds is 64. The Morgan fingerprint density at radius 2 is 0.686 bits per heavy atom. The lowest BCUT2D eigenvalue weighted by molar-refractivity contribution is -0.161. The summed E-state index contributed by atoms with van der Waals surface area (Å²) in [6.07, 6.45) is 45.3. The summed E-state index contributed by atoms with van der Waals surface area (Å²) in [5.41, 5.74) is 0. The van der Waals surface area contributed by atoms with Gasteiger partial charge in [-0.3, -0.25) is 37.3 Å². The Labute approximate surface area is 522 Å². The molecule has 0 aliphatic rings. The van der Waals surface area contributed by atoms with E-state index in [2.05, 4.69) is 65.8 Å². The molecule has 0 spiro atoms. The van der Waals surface area contributed by atoms with Crippen LogP contribution in [0.25, 0.3) is 0 Å². The van der Waals surface area contributed by atoms with Gasteiger partial charge in [0, 0.05) is 25.7 Å². The highest BCUT2D eigenvalue weighted by Gasteiger charge is 2.30. The maximum atomic E-state index is 13.0. The summed E-state index contributed by atoms with van der Waals surface area (Å²) in [7, 11) is -9.90. The summed E-state index contributed by atoms with van der Waals surface area (Å²) in [6, 6.07) is 0. The Balaban J connectivity index is 5.27. The van der Waals surface area contributed by atoms with Gasteiger partial charge in [0.15, 0.2) is 12.2 Å². The second-order valence-electron chi connectivity index (χ2n) is 24.2. The Bertz CT molecular complexity index is 1780. The van der Waals surface area contributed by atoms with E-state index in [4.69, 9.17) is 37.0 Å². The molecule has 86 heavy (non-hydrogen) atoms. The first-order chi connectivity index (χ1) is 41.4. The van der Waals surface area contributed by atoms with Gasteiger partial charge in [0.1, 0.15) is 19.3 Å². The molecule has 3 unspecified atom stereocenters. The number of hydrogen-bond donors (Lipinski definition) is 3. The molecular formula is C67H126O17P2. The number of unbranched alkanes of at least 4 members (excludes halogenated alkanes) is 30. The number of aliphatic hydroxyl groups excluding tert-OH is 1. The smallest absolute Gasteiger partial charge is 0.462 e. The van der Waals surface area contributed by atoms with Gasteiger partial charge in [-0.1, -0.05) is 258 Å². The number of aliphatic hydroxyl groups is 1. The van der Waals surface area contributed by atoms with E-state index in [1.165, 1.54) is 109 Å². The average molecular weight is 1270 g/mol. The third kappa shape index (κ3) is 59.2. The van der Waals surface area contributed by atoms with E-state index in [0.29, 0.717) is 25.7 Å². The van der Waals surface area contributed by atoms with Crippen molar-refractivity contribution in [1.29, 1.82) is 0 Å². The van der Waals surface area contributed by atoms with Crippen LogP contribution in [0.3, 0.4) is 0 Å². The Morgan fingerprint density at radius 1 is 0.384 bits per heavy atom. The molecule has 0 bridgehead atoms. The van der Waals surface area contributed by atoms with Crippen molar-refractivity contribution in [3.63, 3.8) is 0 Å². The molecule has 0 aliphatic heterocycles. The van der Waals surface area contributed by atoms with Gasteiger partial charge in [-0.05, 0) is 63.2 Å². The third-order valence-electron chi connectivity index (χ3n) is 15.2. The first-order valence-corrected chi connectivity index (χ1v) is 37.3. The van der Waals surface area contributed by atoms with Crippen LogP contribution in [0.4, 0.5) is 0 Å². The van der Waals surface area contributed by atoms with Crippen molar-refractivity contribution < 1.29 is 80.2 Å². The number of allylic oxidation sites excluding steroid dienone is 4. The first-order valence-electron chi connectivity index (χ1n) is 34.3. The molecule has 0 saturated heterocycles. The predicted octanol–water partition coefficient (Wildman–Crippen LogP) is 18.4. The fourth-order valence-corrected chi connectivity index (χ4v) is 11.1. The van der Waals surface area contributed by atoms with Crippen molar-refractivity contribution in [2.24, 2.45) is 11.8 Å². The van der Waals surface area contributed by atoms with Crippen molar-refractivity contribution in [2.45, 2.75) is 330 Å². The number of carbonyl (C=O) groups excluding carboxylic acids is 4. The molecule has 0 amide bonds. The van der Waals surface area contributed by atoms with E-state index in [-0.39, 0.29) is 25.7 Å². The number of ether oxygens (including phenoxy) is 4. The zero-order valence-electron chi connectivity index (χ0n) is 55.1. The standard InChI is InChI=1S/C67H126O17P2/c1-7-10-12-14-16-18-19-20-21-22-23-28-32-39-45-51-66(71)83-62(55-78-65(70)50-44-38-31-27-25-24-26-29-35-41-47-59(4)5)57-81-85(73,74)79-53-61(68)54-80-86(75,76)82-58-63(56-77-64(69)49-43-37-30-17-15-13-11-8-2)84-67(72)52-46-40-34-33-36-42-48-60(6)9-3/h18-21,59-63,68H,7-17,22-58H2,1-6H3,(H,73,74)(H,75,76)/b19-18-,21-20-/t60?,61-,62-,63-/m1/s1. The van der Waals surface area contributed by atoms with Crippen LogP contribution in [0.5, 0.6) is 0 Å².